The first-order valence-corrected chi connectivity index (χ1v) is 11.3. The Labute approximate surface area is 172 Å². The molecular formula is C22H28N2O4S. The first-order chi connectivity index (χ1) is 13.6. The van der Waals surface area contributed by atoms with E-state index in [4.69, 9.17) is 0 Å². The van der Waals surface area contributed by atoms with Gasteiger partial charge in [-0.05, 0) is 80.5 Å². The molecule has 1 unspecified atom stereocenters. The summed E-state index contributed by atoms with van der Waals surface area (Å²) < 4.78 is 29.0. The van der Waals surface area contributed by atoms with Crippen LogP contribution in [0.5, 0.6) is 0 Å². The third-order valence-electron chi connectivity index (χ3n) is 5.57. The van der Waals surface area contributed by atoms with Crippen molar-refractivity contribution in [1.29, 1.82) is 0 Å². The van der Waals surface area contributed by atoms with Crippen LogP contribution in [0.25, 0.3) is 0 Å². The van der Waals surface area contributed by atoms with Gasteiger partial charge < -0.3 is 10.0 Å². The Kier molecular flexibility index (Phi) is 5.89. The molecule has 0 bridgehead atoms. The van der Waals surface area contributed by atoms with Gasteiger partial charge in [0.2, 0.25) is 0 Å². The van der Waals surface area contributed by atoms with E-state index in [0.717, 1.165) is 37.1 Å². The van der Waals surface area contributed by atoms with Crippen LogP contribution in [0.15, 0.2) is 35.2 Å². The van der Waals surface area contributed by atoms with Gasteiger partial charge >= 0.3 is 5.97 Å². The molecule has 156 valence electrons. The standard InChI is InChI=1S/C22H28N2O4S/c1-14-6-5-9-24(13-14)20-8-7-18(22(25)26)12-19(20)23-29(27,28)21-11-16(3)15(2)10-17(21)4/h7-8,10-12,14,23H,5-6,9,13H2,1-4H3,(H,25,26). The number of aryl methyl sites for hydroxylation is 3. The average molecular weight is 417 g/mol. The molecule has 6 nitrogen and oxygen atoms in total. The van der Waals surface area contributed by atoms with Crippen LogP contribution in [0, 0.1) is 26.7 Å². The van der Waals surface area contributed by atoms with Gasteiger partial charge in [0.05, 0.1) is 21.8 Å². The molecule has 3 rings (SSSR count). The summed E-state index contributed by atoms with van der Waals surface area (Å²) in [7, 11) is -3.87. The Balaban J connectivity index is 2.05. The van der Waals surface area contributed by atoms with Gasteiger partial charge in [0, 0.05) is 13.1 Å². The van der Waals surface area contributed by atoms with Crippen molar-refractivity contribution >= 4 is 27.4 Å². The number of sulfonamides is 1. The summed E-state index contributed by atoms with van der Waals surface area (Å²) in [6.07, 6.45) is 2.15. The number of nitrogens with one attached hydrogen (secondary N) is 1. The molecule has 0 amide bonds. The van der Waals surface area contributed by atoms with E-state index in [0.29, 0.717) is 22.9 Å². The maximum absolute atomic E-state index is 13.2. The molecule has 1 saturated heterocycles. The SMILES string of the molecule is Cc1cc(C)c(S(=O)(=O)Nc2cc(C(=O)O)ccc2N2CCCC(C)C2)cc1C. The maximum atomic E-state index is 13.2. The van der Waals surface area contributed by atoms with Gasteiger partial charge in [0.25, 0.3) is 10.0 Å². The van der Waals surface area contributed by atoms with Crippen molar-refractivity contribution in [2.45, 2.75) is 45.4 Å². The zero-order valence-electron chi connectivity index (χ0n) is 17.3. The molecular weight excluding hydrogens is 388 g/mol. The zero-order chi connectivity index (χ0) is 21.3. The van der Waals surface area contributed by atoms with Gasteiger partial charge in [0.15, 0.2) is 0 Å². The molecule has 2 aromatic carbocycles. The van der Waals surface area contributed by atoms with Gasteiger partial charge in [-0.3, -0.25) is 4.72 Å². The zero-order valence-corrected chi connectivity index (χ0v) is 18.1. The summed E-state index contributed by atoms with van der Waals surface area (Å²) in [5.74, 6) is -0.597. The molecule has 7 heteroatoms. The highest BCUT2D eigenvalue weighted by atomic mass is 32.2. The molecule has 0 aromatic heterocycles. The topological polar surface area (TPSA) is 86.7 Å². The molecule has 0 radical (unpaired) electrons. The third kappa shape index (κ3) is 4.56. The third-order valence-corrected chi connectivity index (χ3v) is 7.07. The fourth-order valence-corrected chi connectivity index (χ4v) is 5.24. The van der Waals surface area contributed by atoms with Crippen LogP contribution in [0.1, 0.15) is 46.8 Å². The largest absolute Gasteiger partial charge is 0.478 e. The van der Waals surface area contributed by atoms with Crippen molar-refractivity contribution in [2.24, 2.45) is 5.92 Å². The Morgan fingerprint density at radius 3 is 2.45 bits per heavy atom. The number of benzene rings is 2. The minimum absolute atomic E-state index is 0.0494. The lowest BCUT2D eigenvalue weighted by atomic mass is 9.99. The number of piperidine rings is 1. The van der Waals surface area contributed by atoms with Gasteiger partial charge in [0.1, 0.15) is 0 Å². The molecule has 2 N–H and O–H groups in total. The minimum Gasteiger partial charge on any atom is -0.478 e. The molecule has 0 aliphatic carbocycles. The van der Waals surface area contributed by atoms with Crippen LogP contribution in [0.2, 0.25) is 0 Å². The molecule has 2 aromatic rings. The monoisotopic (exact) mass is 416 g/mol. The van der Waals surface area contributed by atoms with Crippen molar-refractivity contribution in [1.82, 2.24) is 0 Å². The molecule has 1 aliphatic heterocycles. The van der Waals surface area contributed by atoms with Crippen LogP contribution in [0.3, 0.4) is 0 Å². The van der Waals surface area contributed by atoms with E-state index in [1.165, 1.54) is 12.1 Å². The summed E-state index contributed by atoms with van der Waals surface area (Å²) in [6.45, 7) is 9.37. The number of rotatable bonds is 5. The highest BCUT2D eigenvalue weighted by Gasteiger charge is 2.24. The second-order valence-electron chi connectivity index (χ2n) is 8.04. The smallest absolute Gasteiger partial charge is 0.335 e. The highest BCUT2D eigenvalue weighted by molar-refractivity contribution is 7.92. The molecule has 29 heavy (non-hydrogen) atoms. The summed E-state index contributed by atoms with van der Waals surface area (Å²) in [4.78, 5) is 13.8. The number of carboxylic acid groups (broad SMARTS) is 1. The van der Waals surface area contributed by atoms with Gasteiger partial charge in [-0.25, -0.2) is 13.2 Å². The summed E-state index contributed by atoms with van der Waals surface area (Å²) in [6, 6.07) is 8.15. The first-order valence-electron chi connectivity index (χ1n) is 9.81. The molecule has 1 heterocycles. The minimum atomic E-state index is -3.87. The molecule has 1 fully saturated rings. The van der Waals surface area contributed by atoms with Crippen LogP contribution in [-0.2, 0) is 10.0 Å². The average Bonchev–Trinajstić information content (AvgIpc) is 2.64. The lowest BCUT2D eigenvalue weighted by molar-refractivity contribution is 0.0697. The van der Waals surface area contributed by atoms with Gasteiger partial charge in [-0.2, -0.15) is 0 Å². The van der Waals surface area contributed by atoms with Gasteiger partial charge in [-0.1, -0.05) is 13.0 Å². The van der Waals surface area contributed by atoms with Crippen LogP contribution in [0.4, 0.5) is 11.4 Å². The predicted octanol–water partition coefficient (Wildman–Crippen LogP) is 4.35. The van der Waals surface area contributed by atoms with E-state index in [2.05, 4.69) is 16.5 Å². The molecule has 1 atom stereocenters. The fraction of sp³-hybridized carbons (Fsp3) is 0.409. The summed E-state index contributed by atoms with van der Waals surface area (Å²) in [5.41, 5.74) is 3.64. The maximum Gasteiger partial charge on any atom is 0.335 e. The second-order valence-corrected chi connectivity index (χ2v) is 9.69. The number of nitrogens with zero attached hydrogens (tertiary/aromatic N) is 1. The second kappa shape index (κ2) is 8.06. The lowest BCUT2D eigenvalue weighted by Crippen LogP contribution is -2.35. The number of anilines is 2. The van der Waals surface area contributed by atoms with E-state index in [1.807, 2.05) is 19.9 Å². The number of hydrogen-bond acceptors (Lipinski definition) is 4. The van der Waals surface area contributed by atoms with Crippen LogP contribution in [-0.4, -0.2) is 32.6 Å². The fourth-order valence-electron chi connectivity index (χ4n) is 3.86. The van der Waals surface area contributed by atoms with E-state index < -0.39 is 16.0 Å². The van der Waals surface area contributed by atoms with Crippen molar-refractivity contribution in [3.63, 3.8) is 0 Å². The number of aromatic carboxylic acids is 1. The molecule has 0 saturated carbocycles. The Morgan fingerprint density at radius 1 is 1.10 bits per heavy atom. The quantitative estimate of drug-likeness (QED) is 0.757. The van der Waals surface area contributed by atoms with Crippen LogP contribution >= 0.6 is 0 Å². The molecule has 1 aliphatic rings. The predicted molar refractivity (Wildman–Crippen MR) is 115 cm³/mol. The molecule has 0 spiro atoms. The van der Waals surface area contributed by atoms with Crippen molar-refractivity contribution in [2.75, 3.05) is 22.7 Å². The number of carboxylic acids is 1. The number of hydrogen-bond donors (Lipinski definition) is 2. The normalized spacial score (nSPS) is 17.2. The highest BCUT2D eigenvalue weighted by Crippen LogP contribution is 2.33. The lowest BCUT2D eigenvalue weighted by Gasteiger charge is -2.34. The summed E-state index contributed by atoms with van der Waals surface area (Å²) in [5, 5.41) is 9.39. The Hall–Kier alpha value is -2.54. The van der Waals surface area contributed by atoms with Crippen molar-refractivity contribution < 1.29 is 18.3 Å². The number of carbonyl (C=O) groups is 1. The Morgan fingerprint density at radius 2 is 1.79 bits per heavy atom. The summed E-state index contributed by atoms with van der Waals surface area (Å²) >= 11 is 0. The van der Waals surface area contributed by atoms with E-state index in [9.17, 15) is 18.3 Å². The van der Waals surface area contributed by atoms with E-state index in [1.54, 1.807) is 19.1 Å². The van der Waals surface area contributed by atoms with Gasteiger partial charge in [-0.15, -0.1) is 0 Å². The van der Waals surface area contributed by atoms with Crippen molar-refractivity contribution in [3.8, 4) is 0 Å². The first kappa shape index (κ1) is 21.2. The van der Waals surface area contributed by atoms with Crippen LogP contribution < -0.4 is 9.62 Å². The Bertz CT molecular complexity index is 1050. The van der Waals surface area contributed by atoms with Crippen molar-refractivity contribution in [3.05, 3.63) is 52.6 Å². The van der Waals surface area contributed by atoms with E-state index in [-0.39, 0.29) is 10.5 Å². The van der Waals surface area contributed by atoms with E-state index >= 15 is 0 Å².